The highest BCUT2D eigenvalue weighted by Gasteiger charge is 2.27. The van der Waals surface area contributed by atoms with Gasteiger partial charge < -0.3 is 11.1 Å². The molecule has 17 heavy (non-hydrogen) atoms. The summed E-state index contributed by atoms with van der Waals surface area (Å²) in [5.74, 6) is -0.945. The van der Waals surface area contributed by atoms with Crippen LogP contribution in [-0.4, -0.2) is 17.4 Å². The molecule has 0 radical (unpaired) electrons. The summed E-state index contributed by atoms with van der Waals surface area (Å²) < 4.78 is 1.43. The van der Waals surface area contributed by atoms with Crippen LogP contribution in [0.5, 0.6) is 0 Å². The van der Waals surface area contributed by atoms with E-state index in [9.17, 15) is 9.59 Å². The van der Waals surface area contributed by atoms with E-state index in [0.717, 1.165) is 4.47 Å². The van der Waals surface area contributed by atoms with Gasteiger partial charge in [-0.15, -0.1) is 0 Å². The minimum absolute atomic E-state index is 0.359. The average Bonchev–Trinajstić information content (AvgIpc) is 2.20. The van der Waals surface area contributed by atoms with Crippen LogP contribution in [-0.2, 0) is 4.79 Å². The lowest BCUT2D eigenvalue weighted by molar-refractivity contribution is -0.122. The van der Waals surface area contributed by atoms with Crippen molar-refractivity contribution in [3.05, 3.63) is 32.7 Å². The molecule has 0 atom stereocenters. The van der Waals surface area contributed by atoms with Crippen LogP contribution in [0.15, 0.2) is 27.1 Å². The van der Waals surface area contributed by atoms with Gasteiger partial charge in [0.2, 0.25) is 5.91 Å². The first-order valence-electron chi connectivity index (χ1n) is 4.81. The van der Waals surface area contributed by atoms with E-state index in [1.807, 2.05) is 0 Å². The minimum Gasteiger partial charge on any atom is -0.368 e. The number of nitrogens with one attached hydrogen (secondary N) is 1. The summed E-state index contributed by atoms with van der Waals surface area (Å²) in [6.07, 6.45) is 0. The summed E-state index contributed by atoms with van der Waals surface area (Å²) in [7, 11) is 0. The first kappa shape index (κ1) is 14.2. The van der Waals surface area contributed by atoms with Crippen molar-refractivity contribution in [1.82, 2.24) is 5.32 Å². The molecule has 0 heterocycles. The van der Waals surface area contributed by atoms with Gasteiger partial charge in [-0.3, -0.25) is 9.59 Å². The summed E-state index contributed by atoms with van der Waals surface area (Å²) >= 11 is 6.56. The Labute approximate surface area is 116 Å². The van der Waals surface area contributed by atoms with Crippen molar-refractivity contribution in [3.63, 3.8) is 0 Å². The molecule has 92 valence electrons. The predicted molar refractivity (Wildman–Crippen MR) is 72.6 cm³/mol. The number of amides is 2. The van der Waals surface area contributed by atoms with Crippen LogP contribution in [0.25, 0.3) is 0 Å². The molecular weight excluding hydrogens is 352 g/mol. The number of rotatable bonds is 3. The van der Waals surface area contributed by atoms with Gasteiger partial charge in [-0.2, -0.15) is 0 Å². The molecule has 0 spiro atoms. The van der Waals surface area contributed by atoms with E-state index in [1.165, 1.54) is 0 Å². The van der Waals surface area contributed by atoms with E-state index < -0.39 is 11.4 Å². The van der Waals surface area contributed by atoms with E-state index in [2.05, 4.69) is 37.2 Å². The molecule has 0 aliphatic carbocycles. The third-order valence-electron chi connectivity index (χ3n) is 2.22. The number of halogens is 2. The van der Waals surface area contributed by atoms with Crippen LogP contribution < -0.4 is 11.1 Å². The molecule has 0 saturated carbocycles. The van der Waals surface area contributed by atoms with Crippen LogP contribution in [0.2, 0.25) is 0 Å². The van der Waals surface area contributed by atoms with Gasteiger partial charge in [0.15, 0.2) is 0 Å². The molecule has 3 N–H and O–H groups in total. The zero-order valence-corrected chi connectivity index (χ0v) is 12.6. The summed E-state index contributed by atoms with van der Waals surface area (Å²) in [5, 5.41) is 2.58. The Morgan fingerprint density at radius 2 is 1.88 bits per heavy atom. The SMILES string of the molecule is CC(C)(NC(=O)c1cc(Br)ccc1Br)C(N)=O. The fourth-order valence-corrected chi connectivity index (χ4v) is 1.87. The summed E-state index contributed by atoms with van der Waals surface area (Å²) in [4.78, 5) is 23.1. The van der Waals surface area contributed by atoms with Crippen molar-refractivity contribution in [2.45, 2.75) is 19.4 Å². The lowest BCUT2D eigenvalue weighted by Gasteiger charge is -2.22. The standard InChI is InChI=1S/C11H12Br2N2O2/c1-11(2,10(14)17)15-9(16)7-5-6(12)3-4-8(7)13/h3-5H,1-2H3,(H2,14,17)(H,15,16). The molecule has 1 rings (SSSR count). The lowest BCUT2D eigenvalue weighted by Crippen LogP contribution is -2.53. The van der Waals surface area contributed by atoms with Gasteiger partial charge in [0.05, 0.1) is 5.56 Å². The third-order valence-corrected chi connectivity index (χ3v) is 3.40. The lowest BCUT2D eigenvalue weighted by atomic mass is 10.0. The molecule has 0 aliphatic heterocycles. The Morgan fingerprint density at radius 1 is 1.29 bits per heavy atom. The molecule has 0 aromatic heterocycles. The summed E-state index contributed by atoms with van der Waals surface area (Å²) in [6.45, 7) is 3.11. The maximum absolute atomic E-state index is 12.0. The Hall–Kier alpha value is -0.880. The quantitative estimate of drug-likeness (QED) is 0.864. The monoisotopic (exact) mass is 362 g/mol. The molecular formula is C11H12Br2N2O2. The first-order valence-corrected chi connectivity index (χ1v) is 6.40. The summed E-state index contributed by atoms with van der Waals surface area (Å²) in [6, 6.07) is 5.22. The van der Waals surface area contributed by atoms with Gasteiger partial charge >= 0.3 is 0 Å². The van der Waals surface area contributed by atoms with Crippen LogP contribution in [0, 0.1) is 0 Å². The van der Waals surface area contributed by atoms with Gasteiger partial charge in [-0.1, -0.05) is 15.9 Å². The molecule has 4 nitrogen and oxygen atoms in total. The van der Waals surface area contributed by atoms with Crippen molar-refractivity contribution in [3.8, 4) is 0 Å². The Kier molecular flexibility index (Phi) is 4.32. The minimum atomic E-state index is -1.08. The maximum atomic E-state index is 12.0. The van der Waals surface area contributed by atoms with E-state index in [-0.39, 0.29) is 5.91 Å². The van der Waals surface area contributed by atoms with Crippen molar-refractivity contribution >= 4 is 43.7 Å². The maximum Gasteiger partial charge on any atom is 0.253 e. The Morgan fingerprint density at radius 3 is 2.41 bits per heavy atom. The number of benzene rings is 1. The van der Waals surface area contributed by atoms with Crippen LogP contribution in [0.1, 0.15) is 24.2 Å². The second-order valence-corrected chi connectivity index (χ2v) is 5.84. The molecule has 0 bridgehead atoms. The topological polar surface area (TPSA) is 72.2 Å². The number of carbonyl (C=O) groups excluding carboxylic acids is 2. The second kappa shape index (κ2) is 5.18. The van der Waals surface area contributed by atoms with E-state index >= 15 is 0 Å². The Balaban J connectivity index is 2.98. The summed E-state index contributed by atoms with van der Waals surface area (Å²) in [5.41, 5.74) is 4.54. The van der Waals surface area contributed by atoms with Crippen molar-refractivity contribution in [2.75, 3.05) is 0 Å². The third kappa shape index (κ3) is 3.54. The van der Waals surface area contributed by atoms with Crippen molar-refractivity contribution in [2.24, 2.45) is 5.73 Å². The highest BCUT2D eigenvalue weighted by molar-refractivity contribution is 9.11. The largest absolute Gasteiger partial charge is 0.368 e. The highest BCUT2D eigenvalue weighted by atomic mass is 79.9. The van der Waals surface area contributed by atoms with Crippen LogP contribution >= 0.6 is 31.9 Å². The molecule has 1 aromatic carbocycles. The fraction of sp³-hybridized carbons (Fsp3) is 0.273. The zero-order valence-electron chi connectivity index (χ0n) is 9.38. The first-order chi connectivity index (χ1) is 7.74. The molecule has 0 fully saturated rings. The molecule has 2 amide bonds. The second-order valence-electron chi connectivity index (χ2n) is 4.07. The number of nitrogens with two attached hydrogens (primary N) is 1. The average molecular weight is 364 g/mol. The van der Waals surface area contributed by atoms with Gasteiger partial charge in [0.25, 0.3) is 5.91 Å². The van der Waals surface area contributed by atoms with Gasteiger partial charge in [0.1, 0.15) is 5.54 Å². The number of hydrogen-bond acceptors (Lipinski definition) is 2. The van der Waals surface area contributed by atoms with Gasteiger partial charge in [0, 0.05) is 8.95 Å². The van der Waals surface area contributed by atoms with Gasteiger partial charge in [-0.05, 0) is 48.0 Å². The highest BCUT2D eigenvalue weighted by Crippen LogP contribution is 2.22. The van der Waals surface area contributed by atoms with E-state index in [0.29, 0.717) is 10.0 Å². The van der Waals surface area contributed by atoms with E-state index in [1.54, 1.807) is 32.0 Å². The fourth-order valence-electron chi connectivity index (χ4n) is 1.08. The number of primary amides is 1. The Bertz CT molecular complexity index is 473. The number of hydrogen-bond donors (Lipinski definition) is 2. The molecule has 0 unspecified atom stereocenters. The van der Waals surface area contributed by atoms with Gasteiger partial charge in [-0.25, -0.2) is 0 Å². The van der Waals surface area contributed by atoms with Crippen molar-refractivity contribution in [1.29, 1.82) is 0 Å². The normalized spacial score (nSPS) is 11.1. The molecule has 0 saturated heterocycles. The smallest absolute Gasteiger partial charge is 0.253 e. The predicted octanol–water partition coefficient (Wildman–Crippen LogP) is 2.21. The van der Waals surface area contributed by atoms with Crippen molar-refractivity contribution < 1.29 is 9.59 Å². The molecule has 0 aliphatic rings. The zero-order chi connectivity index (χ0) is 13.2. The van der Waals surface area contributed by atoms with Crippen LogP contribution in [0.4, 0.5) is 0 Å². The van der Waals surface area contributed by atoms with Crippen LogP contribution in [0.3, 0.4) is 0 Å². The number of carbonyl (C=O) groups is 2. The van der Waals surface area contributed by atoms with E-state index in [4.69, 9.17) is 5.73 Å². The molecule has 1 aromatic rings. The molecule has 6 heteroatoms.